The molecular formula is C19H27N3O4S2. The van der Waals surface area contributed by atoms with E-state index in [1.165, 1.54) is 18.9 Å². The van der Waals surface area contributed by atoms with Crippen LogP contribution in [0, 0.1) is 6.92 Å². The number of hydrogen-bond donors (Lipinski definition) is 0. The van der Waals surface area contributed by atoms with Crippen LogP contribution in [-0.4, -0.2) is 69.1 Å². The lowest BCUT2D eigenvalue weighted by molar-refractivity contribution is -0.121. The number of ether oxygens (including phenoxy) is 1. The van der Waals surface area contributed by atoms with E-state index in [-0.39, 0.29) is 35.3 Å². The summed E-state index contributed by atoms with van der Waals surface area (Å²) >= 11 is 1.38. The van der Waals surface area contributed by atoms with Crippen LogP contribution in [0.15, 0.2) is 23.2 Å². The molecule has 2 heterocycles. The molecule has 1 aromatic rings. The second kappa shape index (κ2) is 8.42. The fourth-order valence-electron chi connectivity index (χ4n) is 3.80. The number of aryl methyl sites for hydroxylation is 1. The van der Waals surface area contributed by atoms with Crippen LogP contribution >= 0.6 is 11.8 Å². The Kier molecular flexibility index (Phi) is 6.36. The first-order valence-electron chi connectivity index (χ1n) is 9.42. The van der Waals surface area contributed by atoms with E-state index in [4.69, 9.17) is 4.74 Å². The maximum absolute atomic E-state index is 12.2. The maximum Gasteiger partial charge on any atom is 0.274 e. The molecule has 7 nitrogen and oxygen atoms in total. The summed E-state index contributed by atoms with van der Waals surface area (Å²) in [5.74, 6) is -0.165. The van der Waals surface area contributed by atoms with Crippen LogP contribution in [0.5, 0.6) is 0 Å². The van der Waals surface area contributed by atoms with Crippen LogP contribution < -0.4 is 9.80 Å². The fourth-order valence-corrected chi connectivity index (χ4v) is 7.73. The Morgan fingerprint density at radius 2 is 2.04 bits per heavy atom. The van der Waals surface area contributed by atoms with Crippen LogP contribution in [-0.2, 0) is 19.4 Å². The summed E-state index contributed by atoms with van der Waals surface area (Å²) in [6.07, 6.45) is 0. The van der Waals surface area contributed by atoms with Gasteiger partial charge in [0.05, 0.1) is 17.5 Å². The van der Waals surface area contributed by atoms with Crippen molar-refractivity contribution in [1.82, 2.24) is 0 Å². The monoisotopic (exact) mass is 425 g/mol. The molecule has 1 aromatic carbocycles. The summed E-state index contributed by atoms with van der Waals surface area (Å²) in [4.78, 5) is 20.5. The van der Waals surface area contributed by atoms with Crippen LogP contribution in [0.4, 0.5) is 11.4 Å². The van der Waals surface area contributed by atoms with E-state index >= 15 is 0 Å². The molecule has 0 radical (unpaired) electrons. The quantitative estimate of drug-likeness (QED) is 0.690. The number of benzene rings is 1. The minimum Gasteiger partial charge on any atom is -0.375 e. The van der Waals surface area contributed by atoms with Crippen LogP contribution in [0.25, 0.3) is 0 Å². The van der Waals surface area contributed by atoms with Crippen molar-refractivity contribution >= 4 is 44.0 Å². The first kappa shape index (κ1) is 21.1. The molecule has 3 rings (SSSR count). The molecule has 9 heteroatoms. The number of rotatable bonds is 6. The lowest BCUT2D eigenvalue weighted by Gasteiger charge is -2.28. The Morgan fingerprint density at radius 3 is 2.64 bits per heavy atom. The minimum atomic E-state index is -3.09. The molecule has 1 amide bonds. The van der Waals surface area contributed by atoms with Crippen molar-refractivity contribution in [2.24, 2.45) is 4.99 Å². The van der Waals surface area contributed by atoms with Crippen LogP contribution in [0.2, 0.25) is 0 Å². The predicted molar refractivity (Wildman–Crippen MR) is 115 cm³/mol. The predicted octanol–water partition coefficient (Wildman–Crippen LogP) is 2.09. The number of amides is 1. The Bertz CT molecular complexity index is 881. The number of sulfone groups is 1. The molecular weight excluding hydrogens is 398 g/mol. The summed E-state index contributed by atoms with van der Waals surface area (Å²) in [5, 5.41) is 0.451. The number of carbonyl (C=O) groups is 1. The van der Waals surface area contributed by atoms with Gasteiger partial charge >= 0.3 is 0 Å². The van der Waals surface area contributed by atoms with Crippen molar-refractivity contribution in [3.8, 4) is 0 Å². The first-order valence-corrected chi connectivity index (χ1v) is 12.1. The third kappa shape index (κ3) is 4.21. The molecule has 2 aliphatic rings. The average molecular weight is 426 g/mol. The smallest absolute Gasteiger partial charge is 0.274 e. The highest BCUT2D eigenvalue weighted by Crippen LogP contribution is 2.42. The van der Waals surface area contributed by atoms with E-state index in [0.29, 0.717) is 5.17 Å². The Balaban J connectivity index is 2.00. The van der Waals surface area contributed by atoms with Gasteiger partial charge in [0.2, 0.25) is 0 Å². The number of nitrogens with zero attached hydrogens (tertiary/aromatic N) is 3. The summed E-state index contributed by atoms with van der Waals surface area (Å²) in [6.45, 7) is 7.98. The minimum absolute atomic E-state index is 0.0827. The van der Waals surface area contributed by atoms with Gasteiger partial charge in [-0.3, -0.25) is 4.79 Å². The Hall–Kier alpha value is -1.58. The highest BCUT2D eigenvalue weighted by molar-refractivity contribution is 8.16. The van der Waals surface area contributed by atoms with Gasteiger partial charge in [-0.05, 0) is 44.5 Å². The van der Waals surface area contributed by atoms with Crippen molar-refractivity contribution in [3.05, 3.63) is 23.8 Å². The number of carbonyl (C=O) groups excluding carboxylic acids is 1. The van der Waals surface area contributed by atoms with Crippen molar-refractivity contribution in [3.63, 3.8) is 0 Å². The highest BCUT2D eigenvalue weighted by atomic mass is 32.2. The number of amidine groups is 1. The number of anilines is 2. The van der Waals surface area contributed by atoms with Crippen molar-refractivity contribution < 1.29 is 17.9 Å². The van der Waals surface area contributed by atoms with Gasteiger partial charge in [-0.25, -0.2) is 8.42 Å². The number of fused-ring (bicyclic) bond motifs is 1. The molecule has 28 heavy (non-hydrogen) atoms. The Morgan fingerprint density at radius 1 is 1.32 bits per heavy atom. The first-order chi connectivity index (χ1) is 13.3. The average Bonchev–Trinajstić information content (AvgIpc) is 3.08. The molecule has 154 valence electrons. The molecule has 2 aliphatic heterocycles. The van der Waals surface area contributed by atoms with Gasteiger partial charge in [-0.15, -0.1) is 0 Å². The summed E-state index contributed by atoms with van der Waals surface area (Å²) < 4.78 is 29.3. The summed E-state index contributed by atoms with van der Waals surface area (Å²) in [5.41, 5.74) is 3.06. The van der Waals surface area contributed by atoms with Crippen molar-refractivity contribution in [2.45, 2.75) is 32.1 Å². The van der Waals surface area contributed by atoms with Crippen LogP contribution in [0.3, 0.4) is 0 Å². The Labute approximate surface area is 171 Å². The van der Waals surface area contributed by atoms with Gasteiger partial charge < -0.3 is 14.5 Å². The molecule has 0 N–H and O–H groups in total. The zero-order chi connectivity index (χ0) is 20.5. The maximum atomic E-state index is 12.2. The second-order valence-corrected chi connectivity index (χ2v) is 10.4. The lowest BCUT2D eigenvalue weighted by atomic mass is 10.1. The van der Waals surface area contributed by atoms with E-state index in [9.17, 15) is 13.2 Å². The summed E-state index contributed by atoms with van der Waals surface area (Å²) in [6, 6.07) is 5.96. The SMILES string of the molecule is CCN(CC)c1ccc(N2C(=NC(=O)COC)S[C@H]3CS(=O)(=O)C[C@@H]32)c(C)c1. The van der Waals surface area contributed by atoms with Crippen molar-refractivity contribution in [2.75, 3.05) is 48.1 Å². The molecule has 0 bridgehead atoms. The zero-order valence-electron chi connectivity index (χ0n) is 16.7. The standard InChI is InChI=1S/C19H27N3O4S2/c1-5-21(6-2)14-7-8-15(13(3)9-14)22-16-11-28(24,25)12-17(16)27-19(22)20-18(23)10-26-4/h7-9,16-17H,5-6,10-12H2,1-4H3/t16-,17-/m0/s1. The van der Waals surface area contributed by atoms with E-state index < -0.39 is 9.84 Å². The third-order valence-corrected chi connectivity index (χ3v) is 8.33. The van der Waals surface area contributed by atoms with Gasteiger partial charge in [0.15, 0.2) is 15.0 Å². The van der Waals surface area contributed by atoms with Gasteiger partial charge in [0, 0.05) is 36.8 Å². The second-order valence-electron chi connectivity index (χ2n) is 7.03. The molecule has 2 atom stereocenters. The number of hydrogen-bond acceptors (Lipinski definition) is 6. The molecule has 2 fully saturated rings. The molecule has 0 spiro atoms. The molecule has 2 saturated heterocycles. The van der Waals surface area contributed by atoms with E-state index in [1.807, 2.05) is 24.0 Å². The molecule has 0 unspecified atom stereocenters. The largest absolute Gasteiger partial charge is 0.375 e. The number of aliphatic imine (C=N–C) groups is 1. The lowest BCUT2D eigenvalue weighted by Crippen LogP contribution is -2.38. The normalized spacial score (nSPS) is 24.6. The molecule has 0 aromatic heterocycles. The van der Waals surface area contributed by atoms with Gasteiger partial charge in [0.25, 0.3) is 5.91 Å². The van der Waals surface area contributed by atoms with Crippen LogP contribution in [0.1, 0.15) is 19.4 Å². The van der Waals surface area contributed by atoms with Gasteiger partial charge in [0.1, 0.15) is 6.61 Å². The zero-order valence-corrected chi connectivity index (χ0v) is 18.3. The third-order valence-electron chi connectivity index (χ3n) is 5.12. The van der Waals surface area contributed by atoms with E-state index in [0.717, 1.165) is 30.0 Å². The highest BCUT2D eigenvalue weighted by Gasteiger charge is 2.49. The fraction of sp³-hybridized carbons (Fsp3) is 0.579. The molecule has 0 aliphatic carbocycles. The number of thioether (sulfide) groups is 1. The molecule has 0 saturated carbocycles. The van der Waals surface area contributed by atoms with Gasteiger partial charge in [-0.1, -0.05) is 11.8 Å². The number of methoxy groups -OCH3 is 1. The van der Waals surface area contributed by atoms with E-state index in [2.05, 4.69) is 29.8 Å². The topological polar surface area (TPSA) is 79.3 Å². The van der Waals surface area contributed by atoms with E-state index in [1.54, 1.807) is 0 Å². The van der Waals surface area contributed by atoms with Gasteiger partial charge in [-0.2, -0.15) is 4.99 Å². The summed E-state index contributed by atoms with van der Waals surface area (Å²) in [7, 11) is -1.63. The van der Waals surface area contributed by atoms with Crippen molar-refractivity contribution in [1.29, 1.82) is 0 Å².